The summed E-state index contributed by atoms with van der Waals surface area (Å²) in [7, 11) is 0. The van der Waals surface area contributed by atoms with Gasteiger partial charge in [0.15, 0.2) is 0 Å². The Labute approximate surface area is 104 Å². The lowest BCUT2D eigenvalue weighted by molar-refractivity contribution is -0.143. The third-order valence-electron chi connectivity index (χ3n) is 3.07. The maximum absolute atomic E-state index is 11.2. The van der Waals surface area contributed by atoms with Crippen molar-refractivity contribution in [2.75, 3.05) is 32.8 Å². The van der Waals surface area contributed by atoms with E-state index in [1.54, 1.807) is 0 Å². The van der Waals surface area contributed by atoms with E-state index in [0.29, 0.717) is 13.0 Å². The van der Waals surface area contributed by atoms with Crippen LogP contribution in [0.25, 0.3) is 0 Å². The minimum atomic E-state index is -0.0983. The van der Waals surface area contributed by atoms with E-state index in [4.69, 9.17) is 10.5 Å². The van der Waals surface area contributed by atoms with Gasteiger partial charge in [0.2, 0.25) is 0 Å². The molecule has 1 heterocycles. The molecule has 5 heteroatoms. The summed E-state index contributed by atoms with van der Waals surface area (Å²) in [5.41, 5.74) is 5.96. The summed E-state index contributed by atoms with van der Waals surface area (Å²) in [5.74, 6) is -0.0983. The molecule has 1 fully saturated rings. The number of likely N-dealkylation sites (tertiary alicyclic amines) is 1. The van der Waals surface area contributed by atoms with Crippen LogP contribution in [0.4, 0.5) is 0 Å². The first-order chi connectivity index (χ1) is 7.09. The highest BCUT2D eigenvalue weighted by atomic mass is 35.5. The summed E-state index contributed by atoms with van der Waals surface area (Å²) >= 11 is 0. The van der Waals surface area contributed by atoms with E-state index in [0.717, 1.165) is 32.6 Å². The molecule has 1 aliphatic heterocycles. The van der Waals surface area contributed by atoms with Crippen LogP contribution in [0.1, 0.15) is 26.7 Å². The summed E-state index contributed by atoms with van der Waals surface area (Å²) in [4.78, 5) is 13.5. The molecule has 4 nitrogen and oxygen atoms in total. The van der Waals surface area contributed by atoms with Gasteiger partial charge < -0.3 is 15.4 Å². The lowest BCUT2D eigenvalue weighted by atomic mass is 9.90. The van der Waals surface area contributed by atoms with Gasteiger partial charge in [-0.25, -0.2) is 0 Å². The number of nitrogens with zero attached hydrogens (tertiary/aromatic N) is 1. The minimum absolute atomic E-state index is 0. The summed E-state index contributed by atoms with van der Waals surface area (Å²) in [6, 6.07) is 0. The van der Waals surface area contributed by atoms with Crippen LogP contribution >= 0.6 is 12.4 Å². The molecular weight excluding hydrogens is 228 g/mol. The fraction of sp³-hybridized carbons (Fsp3) is 0.909. The zero-order valence-electron chi connectivity index (χ0n) is 10.2. The highest BCUT2D eigenvalue weighted by Crippen LogP contribution is 2.28. The van der Waals surface area contributed by atoms with Crippen molar-refractivity contribution in [3.8, 4) is 0 Å². The van der Waals surface area contributed by atoms with Gasteiger partial charge in [-0.05, 0) is 31.8 Å². The molecule has 16 heavy (non-hydrogen) atoms. The van der Waals surface area contributed by atoms with Crippen molar-refractivity contribution in [1.29, 1.82) is 0 Å². The first-order valence-electron chi connectivity index (χ1n) is 5.68. The van der Waals surface area contributed by atoms with Gasteiger partial charge in [-0.1, -0.05) is 6.92 Å². The van der Waals surface area contributed by atoms with E-state index in [9.17, 15) is 4.79 Å². The molecule has 0 aliphatic carbocycles. The van der Waals surface area contributed by atoms with Crippen molar-refractivity contribution < 1.29 is 9.53 Å². The van der Waals surface area contributed by atoms with Gasteiger partial charge in [-0.3, -0.25) is 4.79 Å². The van der Waals surface area contributed by atoms with Gasteiger partial charge in [-0.15, -0.1) is 12.4 Å². The second-order valence-electron chi connectivity index (χ2n) is 4.60. The molecule has 0 saturated carbocycles. The lowest BCUT2D eigenvalue weighted by Crippen LogP contribution is -2.32. The number of ether oxygens (including phenoxy) is 1. The number of nitrogens with two attached hydrogens (primary N) is 1. The largest absolute Gasteiger partial charge is 0.466 e. The van der Waals surface area contributed by atoms with Crippen molar-refractivity contribution in [3.63, 3.8) is 0 Å². The predicted molar refractivity (Wildman–Crippen MR) is 66.7 cm³/mol. The minimum Gasteiger partial charge on any atom is -0.466 e. The Morgan fingerprint density at radius 3 is 2.75 bits per heavy atom. The molecule has 1 unspecified atom stereocenters. The van der Waals surface area contributed by atoms with Gasteiger partial charge in [-0.2, -0.15) is 0 Å². The van der Waals surface area contributed by atoms with Crippen molar-refractivity contribution in [3.05, 3.63) is 0 Å². The molecule has 1 rings (SSSR count). The van der Waals surface area contributed by atoms with Crippen LogP contribution in [0.5, 0.6) is 0 Å². The molecular formula is C11H23ClN2O2. The first kappa shape index (κ1) is 15.7. The van der Waals surface area contributed by atoms with E-state index in [-0.39, 0.29) is 23.8 Å². The average Bonchev–Trinajstić information content (AvgIpc) is 2.59. The summed E-state index contributed by atoms with van der Waals surface area (Å²) in [6.45, 7) is 8.09. The van der Waals surface area contributed by atoms with E-state index in [2.05, 4.69) is 11.8 Å². The normalized spacial score (nSPS) is 25.2. The molecule has 0 spiro atoms. The van der Waals surface area contributed by atoms with Crippen LogP contribution in [0.2, 0.25) is 0 Å². The molecule has 0 radical (unpaired) electrons. The summed E-state index contributed by atoms with van der Waals surface area (Å²) in [6.07, 6.45) is 1.63. The molecule has 0 aromatic rings. The monoisotopic (exact) mass is 250 g/mol. The number of carbonyl (C=O) groups excluding carboxylic acids is 1. The molecule has 0 bridgehead atoms. The van der Waals surface area contributed by atoms with Gasteiger partial charge in [0.25, 0.3) is 0 Å². The van der Waals surface area contributed by atoms with Crippen LogP contribution in [0.3, 0.4) is 0 Å². The highest BCUT2D eigenvalue weighted by Gasteiger charge is 2.32. The molecule has 0 aromatic carbocycles. The molecule has 1 atom stereocenters. The molecule has 96 valence electrons. The Balaban J connectivity index is 0.00000225. The van der Waals surface area contributed by atoms with E-state index >= 15 is 0 Å². The SMILES string of the molecule is CCOC(=O)CCN1CCC(C)(CN)C1.Cl. The Bertz CT molecular complexity index is 226. The average molecular weight is 251 g/mol. The summed E-state index contributed by atoms with van der Waals surface area (Å²) < 4.78 is 4.89. The molecule has 0 aromatic heterocycles. The van der Waals surface area contributed by atoms with Gasteiger partial charge in [0.1, 0.15) is 0 Å². The van der Waals surface area contributed by atoms with E-state index in [1.807, 2.05) is 6.92 Å². The van der Waals surface area contributed by atoms with Crippen LogP contribution in [0, 0.1) is 5.41 Å². The van der Waals surface area contributed by atoms with E-state index in [1.165, 1.54) is 0 Å². The van der Waals surface area contributed by atoms with Crippen molar-refractivity contribution >= 4 is 18.4 Å². The van der Waals surface area contributed by atoms with E-state index < -0.39 is 0 Å². The van der Waals surface area contributed by atoms with Crippen LogP contribution in [-0.4, -0.2) is 43.7 Å². The quantitative estimate of drug-likeness (QED) is 0.741. The molecule has 1 aliphatic rings. The zero-order chi connectivity index (χ0) is 11.3. The second-order valence-corrected chi connectivity index (χ2v) is 4.60. The van der Waals surface area contributed by atoms with Gasteiger partial charge in [0, 0.05) is 13.1 Å². The Morgan fingerprint density at radius 2 is 2.25 bits per heavy atom. The molecule has 1 saturated heterocycles. The Kier molecular flexibility index (Phi) is 6.95. The number of halogens is 1. The topological polar surface area (TPSA) is 55.6 Å². The van der Waals surface area contributed by atoms with Gasteiger partial charge >= 0.3 is 5.97 Å². The second kappa shape index (κ2) is 7.09. The number of carbonyl (C=O) groups is 1. The third kappa shape index (κ3) is 4.68. The van der Waals surface area contributed by atoms with Gasteiger partial charge in [0.05, 0.1) is 13.0 Å². The number of rotatable bonds is 5. The lowest BCUT2D eigenvalue weighted by Gasteiger charge is -2.22. The maximum Gasteiger partial charge on any atom is 0.307 e. The maximum atomic E-state index is 11.2. The van der Waals surface area contributed by atoms with Crippen LogP contribution in [-0.2, 0) is 9.53 Å². The smallest absolute Gasteiger partial charge is 0.307 e. The Hall–Kier alpha value is -0.320. The molecule has 0 amide bonds. The predicted octanol–water partition coefficient (Wildman–Crippen LogP) is 1.03. The number of esters is 1. The standard InChI is InChI=1S/C11H22N2O2.ClH/c1-3-15-10(14)4-6-13-7-5-11(2,8-12)9-13;/h3-9,12H2,1-2H3;1H. The number of hydrogen-bond acceptors (Lipinski definition) is 4. The first-order valence-corrected chi connectivity index (χ1v) is 5.68. The third-order valence-corrected chi connectivity index (χ3v) is 3.07. The van der Waals surface area contributed by atoms with Crippen LogP contribution in [0.15, 0.2) is 0 Å². The number of hydrogen-bond donors (Lipinski definition) is 1. The highest BCUT2D eigenvalue weighted by molar-refractivity contribution is 5.85. The van der Waals surface area contributed by atoms with Crippen molar-refractivity contribution in [2.45, 2.75) is 26.7 Å². The molecule has 2 N–H and O–H groups in total. The Morgan fingerprint density at radius 1 is 1.56 bits per heavy atom. The zero-order valence-corrected chi connectivity index (χ0v) is 11.0. The fourth-order valence-electron chi connectivity index (χ4n) is 1.97. The van der Waals surface area contributed by atoms with Crippen LogP contribution < -0.4 is 5.73 Å². The van der Waals surface area contributed by atoms with Crippen molar-refractivity contribution in [2.24, 2.45) is 11.1 Å². The fourth-order valence-corrected chi connectivity index (χ4v) is 1.97. The van der Waals surface area contributed by atoms with Crippen molar-refractivity contribution in [1.82, 2.24) is 4.90 Å². The summed E-state index contributed by atoms with van der Waals surface area (Å²) in [5, 5.41) is 0.